The first kappa shape index (κ1) is 20.3. The monoisotopic (exact) mass is 413 g/mol. The smallest absolute Gasteiger partial charge is 0.257 e. The SMILES string of the molecule is CN(C(=O)c1cc(F)c(F)c(F)c1F)[C@@]1(c2ccccc2Cl)CCCCC1=O. The summed E-state index contributed by atoms with van der Waals surface area (Å²) >= 11 is 6.28. The van der Waals surface area contributed by atoms with Crippen molar-refractivity contribution in [2.45, 2.75) is 31.2 Å². The Bertz CT molecular complexity index is 965. The Hall–Kier alpha value is -2.41. The topological polar surface area (TPSA) is 37.4 Å². The zero-order valence-corrected chi connectivity index (χ0v) is 15.6. The first-order chi connectivity index (χ1) is 13.2. The van der Waals surface area contributed by atoms with Gasteiger partial charge in [-0.05, 0) is 31.4 Å². The van der Waals surface area contributed by atoms with Crippen molar-refractivity contribution >= 4 is 23.3 Å². The Labute approximate surface area is 163 Å². The second kappa shape index (κ2) is 7.54. The first-order valence-electron chi connectivity index (χ1n) is 8.61. The molecular formula is C20H16ClF4NO2. The van der Waals surface area contributed by atoms with Crippen LogP contribution in [0.4, 0.5) is 17.6 Å². The summed E-state index contributed by atoms with van der Waals surface area (Å²) in [5, 5.41) is 0.231. The molecule has 8 heteroatoms. The predicted molar refractivity (Wildman–Crippen MR) is 95.0 cm³/mol. The number of hydrogen-bond acceptors (Lipinski definition) is 2. The van der Waals surface area contributed by atoms with E-state index in [1.165, 1.54) is 7.05 Å². The van der Waals surface area contributed by atoms with Crippen LogP contribution in [0.2, 0.25) is 5.02 Å². The fourth-order valence-electron chi connectivity index (χ4n) is 3.71. The van der Waals surface area contributed by atoms with Crippen LogP contribution >= 0.6 is 11.6 Å². The average molecular weight is 414 g/mol. The largest absolute Gasteiger partial charge is 0.325 e. The molecule has 0 radical (unpaired) electrons. The van der Waals surface area contributed by atoms with E-state index in [1.54, 1.807) is 24.3 Å². The van der Waals surface area contributed by atoms with Crippen molar-refractivity contribution in [2.24, 2.45) is 0 Å². The van der Waals surface area contributed by atoms with Gasteiger partial charge in [-0.1, -0.05) is 29.8 Å². The average Bonchev–Trinajstić information content (AvgIpc) is 2.69. The van der Waals surface area contributed by atoms with Crippen LogP contribution < -0.4 is 0 Å². The highest BCUT2D eigenvalue weighted by Crippen LogP contribution is 2.43. The summed E-state index contributed by atoms with van der Waals surface area (Å²) in [5.74, 6) is -9.06. The summed E-state index contributed by atoms with van der Waals surface area (Å²) in [5.41, 5.74) is -2.16. The fourth-order valence-corrected chi connectivity index (χ4v) is 4.00. The summed E-state index contributed by atoms with van der Waals surface area (Å²) < 4.78 is 54.7. The lowest BCUT2D eigenvalue weighted by Gasteiger charge is -2.44. The van der Waals surface area contributed by atoms with Crippen molar-refractivity contribution in [3.63, 3.8) is 0 Å². The molecule has 1 amide bonds. The van der Waals surface area contributed by atoms with E-state index < -0.39 is 40.3 Å². The molecule has 1 fully saturated rings. The van der Waals surface area contributed by atoms with Crippen LogP contribution in [-0.2, 0) is 10.3 Å². The number of carbonyl (C=O) groups excluding carboxylic acids is 2. The van der Waals surface area contributed by atoms with Crippen LogP contribution in [0.15, 0.2) is 30.3 Å². The summed E-state index contributed by atoms with van der Waals surface area (Å²) in [6.45, 7) is 0. The van der Waals surface area contributed by atoms with Gasteiger partial charge in [-0.3, -0.25) is 9.59 Å². The lowest BCUT2D eigenvalue weighted by Crippen LogP contribution is -2.54. The molecule has 3 rings (SSSR count). The molecule has 28 heavy (non-hydrogen) atoms. The maximum Gasteiger partial charge on any atom is 0.257 e. The molecule has 0 aromatic heterocycles. The zero-order chi connectivity index (χ0) is 20.6. The van der Waals surface area contributed by atoms with Gasteiger partial charge in [0.25, 0.3) is 5.91 Å². The number of amides is 1. The van der Waals surface area contributed by atoms with Crippen LogP contribution in [0, 0.1) is 23.3 Å². The van der Waals surface area contributed by atoms with E-state index in [0.717, 1.165) is 4.90 Å². The van der Waals surface area contributed by atoms with Gasteiger partial charge in [-0.15, -0.1) is 0 Å². The van der Waals surface area contributed by atoms with Crippen molar-refractivity contribution in [1.29, 1.82) is 0 Å². The van der Waals surface area contributed by atoms with Crippen LogP contribution in [0.1, 0.15) is 41.6 Å². The Morgan fingerprint density at radius 1 is 1.07 bits per heavy atom. The minimum absolute atomic E-state index is 0.164. The number of Topliss-reactive ketones (excluding diaryl/α,β-unsaturated/α-hetero) is 1. The summed E-state index contributed by atoms with van der Waals surface area (Å²) in [4.78, 5) is 26.9. The quantitative estimate of drug-likeness (QED) is 0.403. The van der Waals surface area contributed by atoms with Gasteiger partial charge in [0.1, 0.15) is 5.54 Å². The normalized spacial score (nSPS) is 19.6. The third kappa shape index (κ3) is 3.07. The van der Waals surface area contributed by atoms with Crippen LogP contribution in [0.5, 0.6) is 0 Å². The first-order valence-corrected chi connectivity index (χ1v) is 8.99. The summed E-state index contributed by atoms with van der Waals surface area (Å²) in [6, 6.07) is 6.72. The van der Waals surface area contributed by atoms with E-state index in [2.05, 4.69) is 0 Å². The standard InChI is InChI=1S/C20H16ClF4NO2/c1-26(19(28)11-10-14(22)17(24)18(25)16(11)23)20(9-5-4-8-15(20)27)12-6-2-3-7-13(12)21/h2-3,6-7,10H,4-5,8-9H2,1H3/t20-/m1/s1. The molecule has 0 N–H and O–H groups in total. The second-order valence-corrected chi connectivity index (χ2v) is 7.09. The third-order valence-corrected chi connectivity index (χ3v) is 5.51. The van der Waals surface area contributed by atoms with Gasteiger partial charge in [0.2, 0.25) is 0 Å². The molecule has 0 unspecified atom stereocenters. The molecule has 1 aliphatic rings. The van der Waals surface area contributed by atoms with E-state index in [-0.39, 0.29) is 23.6 Å². The maximum absolute atomic E-state index is 14.2. The molecule has 0 heterocycles. The second-order valence-electron chi connectivity index (χ2n) is 6.68. The molecule has 148 valence electrons. The number of likely N-dealkylation sites (N-methyl/N-ethyl adjacent to an activating group) is 1. The molecule has 1 aliphatic carbocycles. The summed E-state index contributed by atoms with van der Waals surface area (Å²) in [7, 11) is 1.24. The predicted octanol–water partition coefficient (Wildman–Crippen LogP) is 5.01. The van der Waals surface area contributed by atoms with Crippen molar-refractivity contribution in [3.8, 4) is 0 Å². The molecule has 2 aromatic carbocycles. The van der Waals surface area contributed by atoms with Gasteiger partial charge < -0.3 is 4.90 Å². The molecule has 1 saturated carbocycles. The van der Waals surface area contributed by atoms with Crippen LogP contribution in [0.25, 0.3) is 0 Å². The molecule has 0 saturated heterocycles. The van der Waals surface area contributed by atoms with Crippen molar-refractivity contribution in [1.82, 2.24) is 4.90 Å². The number of hydrogen-bond donors (Lipinski definition) is 0. The van der Waals surface area contributed by atoms with E-state index in [4.69, 9.17) is 11.6 Å². The van der Waals surface area contributed by atoms with Crippen LogP contribution in [-0.4, -0.2) is 23.6 Å². The lowest BCUT2D eigenvalue weighted by molar-refractivity contribution is -0.132. The van der Waals surface area contributed by atoms with Crippen molar-refractivity contribution < 1.29 is 27.2 Å². The zero-order valence-electron chi connectivity index (χ0n) is 14.9. The molecule has 2 aromatic rings. The van der Waals surface area contributed by atoms with E-state index in [9.17, 15) is 27.2 Å². The van der Waals surface area contributed by atoms with Gasteiger partial charge >= 0.3 is 0 Å². The number of ketones is 1. The number of carbonyl (C=O) groups is 2. The van der Waals surface area contributed by atoms with E-state index >= 15 is 0 Å². The fraction of sp³-hybridized carbons (Fsp3) is 0.300. The number of benzene rings is 2. The van der Waals surface area contributed by atoms with E-state index in [1.807, 2.05) is 0 Å². The molecule has 0 spiro atoms. The Balaban J connectivity index is 2.16. The number of rotatable bonds is 3. The highest BCUT2D eigenvalue weighted by molar-refractivity contribution is 6.31. The minimum atomic E-state index is -2.08. The third-order valence-electron chi connectivity index (χ3n) is 5.18. The maximum atomic E-state index is 14.2. The Morgan fingerprint density at radius 3 is 2.39 bits per heavy atom. The highest BCUT2D eigenvalue weighted by atomic mass is 35.5. The van der Waals surface area contributed by atoms with Gasteiger partial charge in [0.15, 0.2) is 29.1 Å². The van der Waals surface area contributed by atoms with Gasteiger partial charge in [-0.25, -0.2) is 17.6 Å². The van der Waals surface area contributed by atoms with E-state index in [0.29, 0.717) is 24.5 Å². The molecule has 3 nitrogen and oxygen atoms in total. The highest BCUT2D eigenvalue weighted by Gasteiger charge is 2.48. The molecular weight excluding hydrogens is 398 g/mol. The molecule has 0 bridgehead atoms. The lowest BCUT2D eigenvalue weighted by atomic mass is 9.74. The van der Waals surface area contributed by atoms with Crippen LogP contribution in [0.3, 0.4) is 0 Å². The van der Waals surface area contributed by atoms with Crippen molar-refractivity contribution in [3.05, 3.63) is 69.8 Å². The Morgan fingerprint density at radius 2 is 1.75 bits per heavy atom. The molecule has 1 atom stereocenters. The van der Waals surface area contributed by atoms with Gasteiger partial charge in [-0.2, -0.15) is 0 Å². The molecule has 0 aliphatic heterocycles. The van der Waals surface area contributed by atoms with Gasteiger partial charge in [0, 0.05) is 24.1 Å². The van der Waals surface area contributed by atoms with Gasteiger partial charge in [0.05, 0.1) is 5.56 Å². The number of nitrogens with zero attached hydrogens (tertiary/aromatic N) is 1. The Kier molecular flexibility index (Phi) is 5.48. The summed E-state index contributed by atoms with van der Waals surface area (Å²) in [6.07, 6.45) is 1.58. The minimum Gasteiger partial charge on any atom is -0.325 e. The van der Waals surface area contributed by atoms with Crippen molar-refractivity contribution in [2.75, 3.05) is 7.05 Å². The number of halogens is 5.